The number of hydrogen-bond acceptors (Lipinski definition) is 3. The molecule has 0 aromatic carbocycles. The number of hydrogen-bond donors (Lipinski definition) is 0. The van der Waals surface area contributed by atoms with Gasteiger partial charge in [-0.15, -0.1) is 11.3 Å². The molecule has 2 unspecified atom stereocenters. The van der Waals surface area contributed by atoms with Crippen LogP contribution in [0.4, 0.5) is 0 Å². The van der Waals surface area contributed by atoms with Gasteiger partial charge in [-0.2, -0.15) is 0 Å². The zero-order chi connectivity index (χ0) is 14.8. The van der Waals surface area contributed by atoms with E-state index in [9.17, 15) is 9.59 Å². The van der Waals surface area contributed by atoms with Gasteiger partial charge in [0.2, 0.25) is 0 Å². The van der Waals surface area contributed by atoms with Gasteiger partial charge in [0, 0.05) is 30.3 Å². The molecule has 1 aromatic heterocycles. The first-order valence-electron chi connectivity index (χ1n) is 7.74. The standard InChI is InChI=1S/C16H20BrNO2S/c17-15-9-11(10-21-15)16(20)18-8-4-3-6-13(18)12-5-1-2-7-14(12)19/h9-10,12-13H,1-8H2. The van der Waals surface area contributed by atoms with E-state index in [1.54, 1.807) is 0 Å². The predicted molar refractivity (Wildman–Crippen MR) is 87.7 cm³/mol. The first kappa shape index (κ1) is 15.2. The Kier molecular flexibility index (Phi) is 4.79. The molecule has 21 heavy (non-hydrogen) atoms. The highest BCUT2D eigenvalue weighted by Crippen LogP contribution is 2.33. The van der Waals surface area contributed by atoms with Gasteiger partial charge in [0.1, 0.15) is 5.78 Å². The quantitative estimate of drug-likeness (QED) is 0.780. The number of piperidine rings is 1. The first-order chi connectivity index (χ1) is 10.2. The zero-order valence-corrected chi connectivity index (χ0v) is 14.4. The van der Waals surface area contributed by atoms with Gasteiger partial charge in [0.25, 0.3) is 5.91 Å². The van der Waals surface area contributed by atoms with E-state index in [0.717, 1.165) is 54.4 Å². The second kappa shape index (κ2) is 6.61. The van der Waals surface area contributed by atoms with Gasteiger partial charge in [-0.05, 0) is 54.1 Å². The number of carbonyl (C=O) groups excluding carboxylic acids is 2. The Labute approximate surface area is 137 Å². The van der Waals surface area contributed by atoms with Gasteiger partial charge in [-0.25, -0.2) is 0 Å². The molecule has 0 N–H and O–H groups in total. The lowest BCUT2D eigenvalue weighted by Crippen LogP contribution is -2.50. The molecule has 1 aliphatic carbocycles. The van der Waals surface area contributed by atoms with E-state index in [-0.39, 0.29) is 17.9 Å². The number of rotatable bonds is 2. The highest BCUT2D eigenvalue weighted by atomic mass is 79.9. The van der Waals surface area contributed by atoms with E-state index >= 15 is 0 Å². The summed E-state index contributed by atoms with van der Waals surface area (Å²) in [5.41, 5.74) is 0.752. The van der Waals surface area contributed by atoms with Gasteiger partial charge >= 0.3 is 0 Å². The Morgan fingerprint density at radius 1 is 1.24 bits per heavy atom. The Hall–Kier alpha value is -0.680. The van der Waals surface area contributed by atoms with E-state index in [0.29, 0.717) is 12.2 Å². The lowest BCUT2D eigenvalue weighted by atomic mass is 9.79. The van der Waals surface area contributed by atoms with Crippen molar-refractivity contribution >= 4 is 39.0 Å². The van der Waals surface area contributed by atoms with Crippen LogP contribution < -0.4 is 0 Å². The maximum absolute atomic E-state index is 12.8. The van der Waals surface area contributed by atoms with Gasteiger partial charge in [-0.3, -0.25) is 9.59 Å². The highest BCUT2D eigenvalue weighted by molar-refractivity contribution is 9.11. The van der Waals surface area contributed by atoms with E-state index in [1.165, 1.54) is 11.3 Å². The number of thiophene rings is 1. The molecule has 5 heteroatoms. The summed E-state index contributed by atoms with van der Waals surface area (Å²) >= 11 is 4.96. The van der Waals surface area contributed by atoms with Crippen LogP contribution in [0.3, 0.4) is 0 Å². The van der Waals surface area contributed by atoms with E-state index < -0.39 is 0 Å². The van der Waals surface area contributed by atoms with Crippen molar-refractivity contribution < 1.29 is 9.59 Å². The summed E-state index contributed by atoms with van der Waals surface area (Å²) in [5.74, 6) is 0.544. The predicted octanol–water partition coefficient (Wildman–Crippen LogP) is 4.26. The molecule has 0 spiro atoms. The van der Waals surface area contributed by atoms with Crippen LogP contribution in [0.5, 0.6) is 0 Å². The molecule has 3 nitrogen and oxygen atoms in total. The Balaban J connectivity index is 1.80. The molecule has 2 heterocycles. The van der Waals surface area contributed by atoms with Crippen molar-refractivity contribution in [2.75, 3.05) is 6.54 Å². The molecular weight excluding hydrogens is 350 g/mol. The summed E-state index contributed by atoms with van der Waals surface area (Å²) in [6, 6.07) is 2.01. The summed E-state index contributed by atoms with van der Waals surface area (Å²) in [6.45, 7) is 0.792. The summed E-state index contributed by atoms with van der Waals surface area (Å²) in [6.07, 6.45) is 6.97. The van der Waals surface area contributed by atoms with Crippen LogP contribution >= 0.6 is 27.3 Å². The maximum Gasteiger partial charge on any atom is 0.255 e. The van der Waals surface area contributed by atoms with Crippen LogP contribution in [0.1, 0.15) is 55.3 Å². The number of nitrogens with zero attached hydrogens (tertiary/aromatic N) is 1. The summed E-state index contributed by atoms with van der Waals surface area (Å²) in [5, 5.41) is 1.90. The van der Waals surface area contributed by atoms with E-state index in [4.69, 9.17) is 0 Å². The number of ketones is 1. The molecule has 1 aliphatic heterocycles. The monoisotopic (exact) mass is 369 g/mol. The highest BCUT2D eigenvalue weighted by Gasteiger charge is 2.37. The fourth-order valence-corrected chi connectivity index (χ4v) is 4.76. The minimum Gasteiger partial charge on any atom is -0.335 e. The van der Waals surface area contributed by atoms with Crippen LogP contribution in [0.25, 0.3) is 0 Å². The summed E-state index contributed by atoms with van der Waals surface area (Å²) in [4.78, 5) is 27.0. The van der Waals surface area contributed by atoms with Gasteiger partial charge in [-0.1, -0.05) is 6.42 Å². The summed E-state index contributed by atoms with van der Waals surface area (Å²) < 4.78 is 0.980. The number of Topliss-reactive ketones (excluding diaryl/α,β-unsaturated/α-hetero) is 1. The number of carbonyl (C=O) groups is 2. The molecule has 1 saturated carbocycles. The molecule has 1 saturated heterocycles. The fourth-order valence-electron chi connectivity index (χ4n) is 3.63. The van der Waals surface area contributed by atoms with Crippen molar-refractivity contribution in [1.82, 2.24) is 4.90 Å². The smallest absolute Gasteiger partial charge is 0.255 e. The SMILES string of the molecule is O=C1CCCCC1C1CCCCN1C(=O)c1csc(Br)c1. The van der Waals surface area contributed by atoms with Crippen molar-refractivity contribution in [3.8, 4) is 0 Å². The van der Waals surface area contributed by atoms with Gasteiger partial charge in [0.15, 0.2) is 0 Å². The fraction of sp³-hybridized carbons (Fsp3) is 0.625. The molecule has 3 rings (SSSR count). The third-order valence-electron chi connectivity index (χ3n) is 4.69. The van der Waals surface area contributed by atoms with Crippen molar-refractivity contribution in [3.63, 3.8) is 0 Å². The lowest BCUT2D eigenvalue weighted by molar-refractivity contribution is -0.127. The molecule has 1 aromatic rings. The molecule has 0 radical (unpaired) electrons. The van der Waals surface area contributed by atoms with Crippen LogP contribution in [0.15, 0.2) is 15.2 Å². The molecule has 2 aliphatic rings. The van der Waals surface area contributed by atoms with Crippen molar-refractivity contribution in [2.24, 2.45) is 5.92 Å². The third kappa shape index (κ3) is 3.24. The minimum absolute atomic E-state index is 0.0741. The van der Waals surface area contributed by atoms with Gasteiger partial charge < -0.3 is 4.90 Å². The van der Waals surface area contributed by atoms with Crippen LogP contribution in [-0.4, -0.2) is 29.2 Å². The third-order valence-corrected chi connectivity index (χ3v) is 6.20. The maximum atomic E-state index is 12.8. The Morgan fingerprint density at radius 2 is 2.05 bits per heavy atom. The lowest BCUT2D eigenvalue weighted by Gasteiger charge is -2.41. The van der Waals surface area contributed by atoms with Crippen LogP contribution in [-0.2, 0) is 4.79 Å². The Bertz CT molecular complexity index is 542. The largest absolute Gasteiger partial charge is 0.335 e. The number of likely N-dealkylation sites (tertiary alicyclic amines) is 1. The van der Waals surface area contributed by atoms with E-state index in [1.807, 2.05) is 16.3 Å². The second-order valence-corrected chi connectivity index (χ2v) is 8.31. The average molecular weight is 370 g/mol. The van der Waals surface area contributed by atoms with Crippen LogP contribution in [0, 0.1) is 5.92 Å². The topological polar surface area (TPSA) is 37.4 Å². The molecule has 1 amide bonds. The molecule has 114 valence electrons. The molecule has 0 bridgehead atoms. The zero-order valence-electron chi connectivity index (χ0n) is 12.0. The minimum atomic E-state index is 0.0741. The molecule has 2 atom stereocenters. The average Bonchev–Trinajstić information content (AvgIpc) is 2.94. The number of halogens is 1. The molecular formula is C16H20BrNO2S. The van der Waals surface area contributed by atoms with Crippen molar-refractivity contribution in [1.29, 1.82) is 0 Å². The second-order valence-electron chi connectivity index (χ2n) is 6.02. The normalized spacial score (nSPS) is 26.9. The van der Waals surface area contributed by atoms with Crippen LogP contribution in [0.2, 0.25) is 0 Å². The first-order valence-corrected chi connectivity index (χ1v) is 9.42. The summed E-state index contributed by atoms with van der Waals surface area (Å²) in [7, 11) is 0. The van der Waals surface area contributed by atoms with Gasteiger partial charge in [0.05, 0.1) is 9.35 Å². The Morgan fingerprint density at radius 3 is 2.76 bits per heavy atom. The molecule has 2 fully saturated rings. The van der Waals surface area contributed by atoms with E-state index in [2.05, 4.69) is 15.9 Å². The van der Waals surface area contributed by atoms with Crippen molar-refractivity contribution in [2.45, 2.75) is 51.0 Å². The number of amides is 1. The van der Waals surface area contributed by atoms with Crippen molar-refractivity contribution in [3.05, 3.63) is 20.8 Å².